The number of thioether (sulfide) groups is 1. The fourth-order valence-corrected chi connectivity index (χ4v) is 7.19. The lowest BCUT2D eigenvalue weighted by Gasteiger charge is -2.24. The van der Waals surface area contributed by atoms with E-state index in [0.717, 1.165) is 16.9 Å². The van der Waals surface area contributed by atoms with E-state index in [1.807, 2.05) is 31.2 Å². The van der Waals surface area contributed by atoms with Crippen molar-refractivity contribution < 1.29 is 33.6 Å². The summed E-state index contributed by atoms with van der Waals surface area (Å²) in [5, 5.41) is 21.1. The Bertz CT molecular complexity index is 1840. The predicted molar refractivity (Wildman–Crippen MR) is 176 cm³/mol. The van der Waals surface area contributed by atoms with Gasteiger partial charge in [0.2, 0.25) is 5.13 Å². The molecule has 2 aliphatic heterocycles. The molecular formula is C33H28ClN3O7S2. The second-order valence-electron chi connectivity index (χ2n) is 10.00. The Morgan fingerprint density at radius 2 is 1.89 bits per heavy atom. The highest BCUT2D eigenvalue weighted by Gasteiger charge is 2.48. The Morgan fingerprint density at radius 1 is 1.09 bits per heavy atom. The van der Waals surface area contributed by atoms with Gasteiger partial charge >= 0.3 is 5.91 Å². The topological polar surface area (TPSA) is 120 Å². The molecule has 1 unspecified atom stereocenters. The third-order valence-electron chi connectivity index (χ3n) is 7.11. The lowest BCUT2D eigenvalue weighted by Crippen LogP contribution is -2.29. The summed E-state index contributed by atoms with van der Waals surface area (Å²) in [6, 6.07) is 16.4. The Hall–Kier alpha value is -4.52. The van der Waals surface area contributed by atoms with Crippen LogP contribution in [0.15, 0.2) is 83.2 Å². The summed E-state index contributed by atoms with van der Waals surface area (Å²) in [5.74, 6) is 0.245. The Balaban J connectivity index is 1.43. The summed E-state index contributed by atoms with van der Waals surface area (Å²) in [6.07, 6.45) is 1.61. The first kappa shape index (κ1) is 31.5. The van der Waals surface area contributed by atoms with Gasteiger partial charge in [-0.25, -0.2) is 0 Å². The molecule has 1 saturated heterocycles. The van der Waals surface area contributed by atoms with E-state index in [2.05, 4.69) is 16.8 Å². The van der Waals surface area contributed by atoms with Gasteiger partial charge in [-0.2, -0.15) is 0 Å². The van der Waals surface area contributed by atoms with E-state index >= 15 is 0 Å². The molecule has 6 rings (SSSR count). The number of hydrogen-bond acceptors (Lipinski definition) is 11. The van der Waals surface area contributed by atoms with E-state index in [4.69, 9.17) is 30.5 Å². The highest BCUT2D eigenvalue weighted by molar-refractivity contribution is 8.00. The number of fused-ring (bicyclic) bond motifs is 1. The predicted octanol–water partition coefficient (Wildman–Crippen LogP) is 6.84. The number of aliphatic hydroxyl groups excluding tert-OH is 1. The number of aromatic nitrogens is 2. The average molecular weight is 678 g/mol. The van der Waals surface area contributed by atoms with Crippen molar-refractivity contribution in [1.29, 1.82) is 0 Å². The number of ether oxygens (including phenoxy) is 4. The van der Waals surface area contributed by atoms with E-state index in [1.165, 1.54) is 16.7 Å². The third kappa shape index (κ3) is 6.28. The molecule has 4 aromatic rings. The van der Waals surface area contributed by atoms with Gasteiger partial charge in [-0.05, 0) is 54.4 Å². The van der Waals surface area contributed by atoms with Crippen LogP contribution in [0.2, 0.25) is 5.02 Å². The molecule has 1 fully saturated rings. The first-order valence-electron chi connectivity index (χ1n) is 14.3. The van der Waals surface area contributed by atoms with E-state index in [0.29, 0.717) is 63.5 Å². The molecule has 0 radical (unpaired) electrons. The van der Waals surface area contributed by atoms with E-state index < -0.39 is 17.7 Å². The van der Waals surface area contributed by atoms with Crippen LogP contribution in [0, 0.1) is 0 Å². The Morgan fingerprint density at radius 3 is 2.67 bits per heavy atom. The number of carbonyl (C=O) groups is 2. The first-order valence-corrected chi connectivity index (χ1v) is 16.5. The van der Waals surface area contributed by atoms with E-state index in [9.17, 15) is 14.7 Å². The van der Waals surface area contributed by atoms with Crippen molar-refractivity contribution in [3.63, 3.8) is 0 Å². The number of amides is 1. The molecule has 0 saturated carbocycles. The fourth-order valence-electron chi connectivity index (χ4n) is 5.04. The smallest absolute Gasteiger partial charge is 0.301 e. The maximum atomic E-state index is 13.8. The number of nitrogens with zero attached hydrogens (tertiary/aromatic N) is 3. The summed E-state index contributed by atoms with van der Waals surface area (Å²) in [4.78, 5) is 28.8. The molecule has 2 aliphatic rings. The molecule has 0 bridgehead atoms. The van der Waals surface area contributed by atoms with Crippen LogP contribution in [0.1, 0.15) is 29.7 Å². The van der Waals surface area contributed by atoms with Crippen LogP contribution in [0.5, 0.6) is 23.0 Å². The number of Topliss-reactive ketones (excluding diaryl/α,β-unsaturated/α-hetero) is 1. The second kappa shape index (κ2) is 13.9. The van der Waals surface area contributed by atoms with Crippen molar-refractivity contribution in [2.45, 2.75) is 23.1 Å². The number of halogens is 1. The lowest BCUT2D eigenvalue weighted by molar-refractivity contribution is -0.132. The van der Waals surface area contributed by atoms with E-state index in [-0.39, 0.29) is 28.6 Å². The number of ketones is 1. The van der Waals surface area contributed by atoms with Gasteiger partial charge in [-0.15, -0.1) is 10.2 Å². The molecule has 1 N–H and O–H groups in total. The van der Waals surface area contributed by atoms with Crippen LogP contribution in [-0.2, 0) is 15.3 Å². The maximum absolute atomic E-state index is 13.8. The molecule has 1 aromatic heterocycles. The third-order valence-corrected chi connectivity index (χ3v) is 9.58. The Labute approximate surface area is 278 Å². The van der Waals surface area contributed by atoms with Crippen LogP contribution < -0.4 is 23.8 Å². The summed E-state index contributed by atoms with van der Waals surface area (Å²) >= 11 is 8.89. The van der Waals surface area contributed by atoms with Gasteiger partial charge in [0.25, 0.3) is 5.78 Å². The van der Waals surface area contributed by atoms with Crippen molar-refractivity contribution in [3.05, 3.63) is 101 Å². The van der Waals surface area contributed by atoms with Crippen molar-refractivity contribution in [3.8, 4) is 23.0 Å². The van der Waals surface area contributed by atoms with Crippen molar-refractivity contribution in [2.75, 3.05) is 31.3 Å². The average Bonchev–Trinajstić information content (AvgIpc) is 3.64. The standard InChI is InChI=1S/C33H28ClN3O7S2/c1-3-13-42-23-11-9-19(16-25(23)41-4-2)28-27(29(38)20-10-12-24-26(17-20)44-15-14-43-24)30(39)31(40)37(28)32-35-36-33(46-32)45-18-21-7-5-6-8-22(21)34/h3,5-12,16-17,28,38H,1,4,13-15,18H2,2H3/b29-27+. The van der Waals surface area contributed by atoms with Gasteiger partial charge < -0.3 is 24.1 Å². The molecule has 0 spiro atoms. The maximum Gasteiger partial charge on any atom is 0.301 e. The van der Waals surface area contributed by atoms with Crippen molar-refractivity contribution in [2.24, 2.45) is 0 Å². The zero-order valence-electron chi connectivity index (χ0n) is 24.6. The fraction of sp³-hybridized carbons (Fsp3) is 0.212. The van der Waals surface area contributed by atoms with Crippen LogP contribution in [0.4, 0.5) is 5.13 Å². The van der Waals surface area contributed by atoms with Crippen LogP contribution in [0.25, 0.3) is 5.76 Å². The number of aliphatic hydroxyl groups is 1. The summed E-state index contributed by atoms with van der Waals surface area (Å²) < 4.78 is 23.5. The van der Waals surface area contributed by atoms with Gasteiger partial charge in [-0.1, -0.05) is 71.6 Å². The lowest BCUT2D eigenvalue weighted by atomic mass is 9.95. The summed E-state index contributed by atoms with van der Waals surface area (Å²) in [7, 11) is 0. The highest BCUT2D eigenvalue weighted by atomic mass is 35.5. The normalized spacial score (nSPS) is 16.8. The van der Waals surface area contributed by atoms with Crippen molar-refractivity contribution in [1.82, 2.24) is 10.2 Å². The molecule has 3 heterocycles. The zero-order valence-corrected chi connectivity index (χ0v) is 27.0. The molecule has 1 amide bonds. The quantitative estimate of drug-likeness (QED) is 0.0451. The van der Waals surface area contributed by atoms with Gasteiger partial charge in [0, 0.05) is 16.3 Å². The molecule has 46 heavy (non-hydrogen) atoms. The minimum atomic E-state index is -1.06. The summed E-state index contributed by atoms with van der Waals surface area (Å²) in [5.41, 5.74) is 1.59. The molecule has 1 atom stereocenters. The molecule has 13 heteroatoms. The zero-order chi connectivity index (χ0) is 32.2. The van der Waals surface area contributed by atoms with Gasteiger partial charge in [0.05, 0.1) is 18.2 Å². The number of hydrogen-bond donors (Lipinski definition) is 1. The largest absolute Gasteiger partial charge is 0.507 e. The van der Waals surface area contributed by atoms with Crippen LogP contribution in [-0.4, -0.2) is 53.4 Å². The SMILES string of the molecule is C=CCOc1ccc(C2/C(=C(\O)c3ccc4c(c3)OCCO4)C(=O)C(=O)N2c2nnc(SCc3ccccc3Cl)s2)cc1OCC. The summed E-state index contributed by atoms with van der Waals surface area (Å²) in [6.45, 7) is 6.87. The monoisotopic (exact) mass is 677 g/mol. The minimum absolute atomic E-state index is 0.121. The number of rotatable bonds is 11. The van der Waals surface area contributed by atoms with E-state index in [1.54, 1.807) is 42.5 Å². The van der Waals surface area contributed by atoms with Gasteiger partial charge in [0.15, 0.2) is 27.3 Å². The molecule has 0 aliphatic carbocycles. The molecular weight excluding hydrogens is 650 g/mol. The minimum Gasteiger partial charge on any atom is -0.507 e. The van der Waals surface area contributed by atoms with Gasteiger partial charge in [-0.3, -0.25) is 14.5 Å². The molecule has 10 nitrogen and oxygen atoms in total. The number of carbonyl (C=O) groups excluding carboxylic acids is 2. The number of benzene rings is 3. The number of anilines is 1. The van der Waals surface area contributed by atoms with Gasteiger partial charge in [0.1, 0.15) is 25.6 Å². The Kier molecular flexibility index (Phi) is 9.48. The second-order valence-corrected chi connectivity index (χ2v) is 12.6. The van der Waals surface area contributed by atoms with Crippen molar-refractivity contribution >= 4 is 57.3 Å². The molecule has 236 valence electrons. The first-order chi connectivity index (χ1) is 22.4. The van der Waals surface area contributed by atoms with Crippen LogP contribution >= 0.6 is 34.7 Å². The van der Waals surface area contributed by atoms with Crippen LogP contribution in [0.3, 0.4) is 0 Å². The molecule has 3 aromatic carbocycles. The highest BCUT2D eigenvalue weighted by Crippen LogP contribution is 2.46.